The van der Waals surface area contributed by atoms with Crippen molar-refractivity contribution in [2.75, 3.05) is 18.7 Å². The average Bonchev–Trinajstić information content (AvgIpc) is 2.55. The van der Waals surface area contributed by atoms with Gasteiger partial charge in [-0.2, -0.15) is 0 Å². The van der Waals surface area contributed by atoms with Gasteiger partial charge in [0, 0.05) is 11.9 Å². The molecule has 1 aromatic carbocycles. The van der Waals surface area contributed by atoms with Gasteiger partial charge in [0.05, 0.1) is 12.8 Å². The number of carbonyl (C=O) groups excluding carboxylic acids is 1. The number of ether oxygens (including phenoxy) is 1. The van der Waals surface area contributed by atoms with Crippen LogP contribution in [0.4, 0.5) is 20.3 Å². The Kier molecular flexibility index (Phi) is 5.05. The van der Waals surface area contributed by atoms with Gasteiger partial charge in [-0.1, -0.05) is 0 Å². The molecule has 0 aliphatic rings. The van der Waals surface area contributed by atoms with E-state index in [1.165, 1.54) is 30.9 Å². The Hall–Kier alpha value is -2.35. The number of aromatic nitrogens is 1. The summed E-state index contributed by atoms with van der Waals surface area (Å²) in [6.07, 6.45) is 1.81. The van der Waals surface area contributed by atoms with E-state index in [0.29, 0.717) is 4.90 Å². The van der Waals surface area contributed by atoms with Crippen LogP contribution in [0.3, 0.4) is 0 Å². The predicted molar refractivity (Wildman–Crippen MR) is 84.4 cm³/mol. The van der Waals surface area contributed by atoms with Crippen LogP contribution in [0.2, 0.25) is 0 Å². The summed E-state index contributed by atoms with van der Waals surface area (Å²) >= 11 is 1.37. The van der Waals surface area contributed by atoms with E-state index in [0.717, 1.165) is 17.7 Å². The fourth-order valence-corrected chi connectivity index (χ4v) is 2.39. The fraction of sp³-hybridized carbons (Fsp3) is 0.200. The van der Waals surface area contributed by atoms with Gasteiger partial charge in [0.1, 0.15) is 17.2 Å². The molecule has 0 fully saturated rings. The summed E-state index contributed by atoms with van der Waals surface area (Å²) in [7, 11) is 2.40. The number of nitrogens with zero attached hydrogens (tertiary/aromatic N) is 1. The number of halogens is 2. The molecule has 2 rings (SSSR count). The maximum Gasteiger partial charge on any atom is 0.341 e. The van der Waals surface area contributed by atoms with Crippen LogP contribution in [-0.4, -0.2) is 23.9 Å². The molecule has 23 heavy (non-hydrogen) atoms. The molecule has 1 N–H and O–H groups in total. The van der Waals surface area contributed by atoms with Crippen molar-refractivity contribution in [1.29, 1.82) is 0 Å². The number of nitrogens with one attached hydrogen (secondary N) is 1. The lowest BCUT2D eigenvalue weighted by molar-refractivity contribution is 0.0600. The lowest BCUT2D eigenvalue weighted by Crippen LogP contribution is -2.25. The van der Waals surface area contributed by atoms with E-state index in [9.17, 15) is 18.4 Å². The quantitative estimate of drug-likeness (QED) is 0.685. The molecule has 1 aromatic heterocycles. The van der Waals surface area contributed by atoms with Crippen molar-refractivity contribution >= 4 is 29.2 Å². The molecule has 0 bridgehead atoms. The van der Waals surface area contributed by atoms with E-state index in [2.05, 4.69) is 10.1 Å². The zero-order valence-corrected chi connectivity index (χ0v) is 13.5. The highest BCUT2D eigenvalue weighted by molar-refractivity contribution is 7.98. The number of pyridine rings is 1. The van der Waals surface area contributed by atoms with E-state index in [4.69, 9.17) is 0 Å². The molecule has 0 amide bonds. The van der Waals surface area contributed by atoms with E-state index >= 15 is 0 Å². The Bertz CT molecular complexity index is 821. The molecule has 2 aromatic rings. The number of carbonyl (C=O) groups is 1. The van der Waals surface area contributed by atoms with Crippen molar-refractivity contribution < 1.29 is 18.3 Å². The van der Waals surface area contributed by atoms with Crippen LogP contribution in [0.15, 0.2) is 34.0 Å². The van der Waals surface area contributed by atoms with Gasteiger partial charge in [-0.3, -0.25) is 9.36 Å². The molecule has 0 aliphatic carbocycles. The van der Waals surface area contributed by atoms with Crippen molar-refractivity contribution in [3.05, 3.63) is 51.8 Å². The average molecular weight is 340 g/mol. The number of methoxy groups -OCH3 is 1. The Morgan fingerprint density at radius 1 is 1.26 bits per heavy atom. The molecule has 0 unspecified atom stereocenters. The topological polar surface area (TPSA) is 60.3 Å². The molecule has 0 atom stereocenters. The van der Waals surface area contributed by atoms with Crippen LogP contribution in [0.25, 0.3) is 0 Å². The third kappa shape index (κ3) is 3.37. The van der Waals surface area contributed by atoms with Crippen LogP contribution in [0, 0.1) is 11.6 Å². The van der Waals surface area contributed by atoms with E-state index in [1.54, 1.807) is 12.3 Å². The summed E-state index contributed by atoms with van der Waals surface area (Å²) in [6, 6.07) is 5.22. The van der Waals surface area contributed by atoms with Gasteiger partial charge >= 0.3 is 5.97 Å². The number of anilines is 2. The fourth-order valence-electron chi connectivity index (χ4n) is 1.97. The number of benzene rings is 1. The molecule has 5 nitrogen and oxygen atoms in total. The standard InChI is InChI=1S/C15H14F2N2O3S/c1-19-13(9(15(21)22-2)7-11(17)14(19)20)18-12-5-4-8(23-3)6-10(12)16/h4-7,18H,1-3H3. The van der Waals surface area contributed by atoms with Crippen molar-refractivity contribution in [2.24, 2.45) is 7.05 Å². The monoisotopic (exact) mass is 340 g/mol. The lowest BCUT2D eigenvalue weighted by Gasteiger charge is -2.15. The van der Waals surface area contributed by atoms with Crippen LogP contribution < -0.4 is 10.9 Å². The smallest absolute Gasteiger partial charge is 0.341 e. The van der Waals surface area contributed by atoms with Gasteiger partial charge in [0.25, 0.3) is 5.56 Å². The summed E-state index contributed by atoms with van der Waals surface area (Å²) < 4.78 is 33.1. The first-order valence-corrected chi connectivity index (χ1v) is 7.70. The van der Waals surface area contributed by atoms with Crippen molar-refractivity contribution in [2.45, 2.75) is 4.90 Å². The van der Waals surface area contributed by atoms with Crippen LogP contribution in [0.5, 0.6) is 0 Å². The summed E-state index contributed by atoms with van der Waals surface area (Å²) in [5.74, 6) is -2.57. The maximum absolute atomic E-state index is 14.1. The Balaban J connectivity index is 2.57. The van der Waals surface area contributed by atoms with Gasteiger partial charge in [0.2, 0.25) is 0 Å². The third-order valence-corrected chi connectivity index (χ3v) is 3.93. The number of rotatable bonds is 4. The lowest BCUT2D eigenvalue weighted by atomic mass is 10.2. The minimum absolute atomic E-state index is 0.0505. The molecule has 8 heteroatoms. The van der Waals surface area contributed by atoms with Crippen molar-refractivity contribution in [1.82, 2.24) is 4.57 Å². The second kappa shape index (κ2) is 6.82. The highest BCUT2D eigenvalue weighted by Gasteiger charge is 2.20. The molecule has 122 valence electrons. The minimum atomic E-state index is -1.10. The normalized spacial score (nSPS) is 10.5. The SMILES string of the molecule is COC(=O)c1cc(F)c(=O)n(C)c1Nc1ccc(SC)cc1F. The zero-order valence-electron chi connectivity index (χ0n) is 12.6. The van der Waals surface area contributed by atoms with Gasteiger partial charge in [-0.05, 0) is 30.5 Å². The molecule has 0 saturated carbocycles. The van der Waals surface area contributed by atoms with Gasteiger partial charge in [0.15, 0.2) is 5.82 Å². The van der Waals surface area contributed by atoms with E-state index in [1.807, 2.05) is 0 Å². The first-order valence-electron chi connectivity index (χ1n) is 6.47. The Labute approximate surface area is 135 Å². The van der Waals surface area contributed by atoms with Crippen molar-refractivity contribution in [3.63, 3.8) is 0 Å². The molecular weight excluding hydrogens is 326 g/mol. The summed E-state index contributed by atoms with van der Waals surface area (Å²) in [5, 5.41) is 2.65. The third-order valence-electron chi connectivity index (χ3n) is 3.21. The van der Waals surface area contributed by atoms with Crippen LogP contribution in [-0.2, 0) is 11.8 Å². The summed E-state index contributed by atoms with van der Waals surface area (Å²) in [6.45, 7) is 0. The predicted octanol–water partition coefficient (Wildman–Crippen LogP) is 2.92. The molecule has 0 radical (unpaired) electrons. The first kappa shape index (κ1) is 17.0. The van der Waals surface area contributed by atoms with Gasteiger partial charge < -0.3 is 10.1 Å². The van der Waals surface area contributed by atoms with E-state index in [-0.39, 0.29) is 17.1 Å². The van der Waals surface area contributed by atoms with Gasteiger partial charge in [-0.15, -0.1) is 11.8 Å². The molecule has 1 heterocycles. The minimum Gasteiger partial charge on any atom is -0.465 e. The summed E-state index contributed by atoms with van der Waals surface area (Å²) in [5.41, 5.74) is -1.10. The highest BCUT2D eigenvalue weighted by atomic mass is 32.2. The molecular formula is C15H14F2N2O3S. The van der Waals surface area contributed by atoms with Crippen LogP contribution in [0.1, 0.15) is 10.4 Å². The molecule has 0 aliphatic heterocycles. The number of esters is 1. The van der Waals surface area contributed by atoms with E-state index < -0.39 is 23.2 Å². The number of hydrogen-bond donors (Lipinski definition) is 1. The highest BCUT2D eigenvalue weighted by Crippen LogP contribution is 2.26. The van der Waals surface area contributed by atoms with Crippen LogP contribution >= 0.6 is 11.8 Å². The zero-order chi connectivity index (χ0) is 17.1. The second-order valence-electron chi connectivity index (χ2n) is 4.58. The van der Waals surface area contributed by atoms with Gasteiger partial charge in [-0.25, -0.2) is 13.6 Å². The Morgan fingerprint density at radius 2 is 1.96 bits per heavy atom. The molecule has 0 saturated heterocycles. The molecule has 0 spiro atoms. The Morgan fingerprint density at radius 3 is 2.52 bits per heavy atom. The number of thioether (sulfide) groups is 1. The first-order chi connectivity index (χ1) is 10.9. The number of hydrogen-bond acceptors (Lipinski definition) is 5. The second-order valence-corrected chi connectivity index (χ2v) is 5.46. The summed E-state index contributed by atoms with van der Waals surface area (Å²) in [4.78, 5) is 24.2. The largest absolute Gasteiger partial charge is 0.465 e. The maximum atomic E-state index is 14.1. The van der Waals surface area contributed by atoms with Crippen molar-refractivity contribution in [3.8, 4) is 0 Å².